The molecule has 0 atom stereocenters. The van der Waals surface area contributed by atoms with Gasteiger partial charge in [0.1, 0.15) is 0 Å². The molecule has 0 fully saturated rings. The third kappa shape index (κ3) is 2.83. The second-order valence-corrected chi connectivity index (χ2v) is 6.19. The molecule has 2 aromatic carbocycles. The topological polar surface area (TPSA) is 20.3 Å². The predicted octanol–water partition coefficient (Wildman–Crippen LogP) is 4.48. The summed E-state index contributed by atoms with van der Waals surface area (Å²) in [6.45, 7) is 2.61. The molecular weight excluding hydrogens is 278 g/mol. The summed E-state index contributed by atoms with van der Waals surface area (Å²) in [5.74, 6) is 0.0932. The first-order valence-electron chi connectivity index (χ1n) is 6.92. The SMILES string of the molecule is Cc1ccsc1C(=O)N(C)Cc1ccc2ccccc2c1. The van der Waals surface area contributed by atoms with E-state index in [4.69, 9.17) is 0 Å². The van der Waals surface area contributed by atoms with Gasteiger partial charge in [0.2, 0.25) is 0 Å². The molecule has 3 rings (SSSR count). The summed E-state index contributed by atoms with van der Waals surface area (Å²) in [5.41, 5.74) is 2.20. The average Bonchev–Trinajstić information content (AvgIpc) is 2.92. The number of carbonyl (C=O) groups excluding carboxylic acids is 1. The number of hydrogen-bond donors (Lipinski definition) is 0. The van der Waals surface area contributed by atoms with Crippen molar-refractivity contribution in [2.75, 3.05) is 7.05 Å². The number of aryl methyl sites for hydroxylation is 1. The highest BCUT2D eigenvalue weighted by Gasteiger charge is 2.15. The van der Waals surface area contributed by atoms with Gasteiger partial charge in [-0.2, -0.15) is 0 Å². The number of thiophene rings is 1. The Morgan fingerprint density at radius 3 is 2.57 bits per heavy atom. The Morgan fingerprint density at radius 1 is 1.10 bits per heavy atom. The molecule has 0 radical (unpaired) electrons. The Morgan fingerprint density at radius 2 is 1.86 bits per heavy atom. The maximum atomic E-state index is 12.4. The summed E-state index contributed by atoms with van der Waals surface area (Å²) in [6.07, 6.45) is 0. The normalized spacial score (nSPS) is 10.8. The van der Waals surface area contributed by atoms with Crippen LogP contribution in [0.25, 0.3) is 10.8 Å². The highest BCUT2D eigenvalue weighted by molar-refractivity contribution is 7.12. The number of amides is 1. The van der Waals surface area contributed by atoms with Crippen LogP contribution in [0.2, 0.25) is 0 Å². The van der Waals surface area contributed by atoms with Crippen LogP contribution in [0.3, 0.4) is 0 Å². The van der Waals surface area contributed by atoms with E-state index in [1.807, 2.05) is 37.6 Å². The first kappa shape index (κ1) is 13.8. The van der Waals surface area contributed by atoms with E-state index in [2.05, 4.69) is 30.3 Å². The average molecular weight is 295 g/mol. The zero-order valence-corrected chi connectivity index (χ0v) is 13.0. The number of benzene rings is 2. The molecule has 3 heteroatoms. The standard InChI is InChI=1S/C18H17NOS/c1-13-9-10-21-17(13)18(20)19(2)12-14-7-8-15-5-3-4-6-16(15)11-14/h3-11H,12H2,1-2H3. The van der Waals surface area contributed by atoms with Crippen LogP contribution >= 0.6 is 11.3 Å². The molecule has 0 aliphatic rings. The van der Waals surface area contributed by atoms with Crippen molar-refractivity contribution in [2.24, 2.45) is 0 Å². The van der Waals surface area contributed by atoms with Gasteiger partial charge in [0.25, 0.3) is 5.91 Å². The molecule has 2 nitrogen and oxygen atoms in total. The molecule has 1 aromatic heterocycles. The molecule has 21 heavy (non-hydrogen) atoms. The van der Waals surface area contributed by atoms with Gasteiger partial charge < -0.3 is 4.90 Å². The fourth-order valence-electron chi connectivity index (χ4n) is 2.45. The lowest BCUT2D eigenvalue weighted by molar-refractivity contribution is 0.0789. The molecule has 1 amide bonds. The number of fused-ring (bicyclic) bond motifs is 1. The van der Waals surface area contributed by atoms with Crippen LogP contribution in [0.15, 0.2) is 53.9 Å². The minimum atomic E-state index is 0.0932. The van der Waals surface area contributed by atoms with Gasteiger partial charge >= 0.3 is 0 Å². The van der Waals surface area contributed by atoms with Gasteiger partial charge in [0.05, 0.1) is 4.88 Å². The minimum Gasteiger partial charge on any atom is -0.337 e. The van der Waals surface area contributed by atoms with E-state index in [1.54, 1.807) is 4.90 Å². The number of carbonyl (C=O) groups is 1. The first-order chi connectivity index (χ1) is 10.1. The van der Waals surface area contributed by atoms with Crippen molar-refractivity contribution >= 4 is 28.0 Å². The summed E-state index contributed by atoms with van der Waals surface area (Å²) >= 11 is 1.51. The second-order valence-electron chi connectivity index (χ2n) is 5.28. The van der Waals surface area contributed by atoms with Gasteiger partial charge in [-0.05, 0) is 46.3 Å². The van der Waals surface area contributed by atoms with Crippen LogP contribution in [-0.2, 0) is 6.54 Å². The molecule has 106 valence electrons. The van der Waals surface area contributed by atoms with Crippen molar-refractivity contribution in [3.63, 3.8) is 0 Å². The summed E-state index contributed by atoms with van der Waals surface area (Å²) in [6, 6.07) is 16.6. The van der Waals surface area contributed by atoms with Crippen molar-refractivity contribution in [3.05, 3.63) is 69.9 Å². The van der Waals surface area contributed by atoms with Crippen LogP contribution in [0.5, 0.6) is 0 Å². The van der Waals surface area contributed by atoms with Crippen molar-refractivity contribution in [1.29, 1.82) is 0 Å². The van der Waals surface area contributed by atoms with Gasteiger partial charge in [-0.3, -0.25) is 4.79 Å². The highest BCUT2D eigenvalue weighted by Crippen LogP contribution is 2.20. The molecule has 3 aromatic rings. The summed E-state index contributed by atoms with van der Waals surface area (Å²) in [5, 5.41) is 4.40. The smallest absolute Gasteiger partial charge is 0.264 e. The van der Waals surface area contributed by atoms with Gasteiger partial charge in [-0.1, -0.05) is 36.4 Å². The first-order valence-corrected chi connectivity index (χ1v) is 7.80. The van der Waals surface area contributed by atoms with Crippen LogP contribution in [-0.4, -0.2) is 17.9 Å². The van der Waals surface area contributed by atoms with Gasteiger partial charge in [0.15, 0.2) is 0 Å². The van der Waals surface area contributed by atoms with E-state index in [1.165, 1.54) is 22.1 Å². The lowest BCUT2D eigenvalue weighted by Crippen LogP contribution is -2.25. The fraction of sp³-hybridized carbons (Fsp3) is 0.167. The van der Waals surface area contributed by atoms with Gasteiger partial charge in [-0.25, -0.2) is 0 Å². The van der Waals surface area contributed by atoms with E-state index in [0.29, 0.717) is 6.54 Å². The molecule has 0 aliphatic carbocycles. The molecule has 1 heterocycles. The third-order valence-electron chi connectivity index (χ3n) is 3.64. The Hall–Kier alpha value is -2.13. The Labute approximate surface area is 128 Å². The van der Waals surface area contributed by atoms with Crippen LogP contribution in [0, 0.1) is 6.92 Å². The lowest BCUT2D eigenvalue weighted by atomic mass is 10.1. The molecule has 0 unspecified atom stereocenters. The van der Waals surface area contributed by atoms with E-state index < -0.39 is 0 Å². The van der Waals surface area contributed by atoms with E-state index >= 15 is 0 Å². The van der Waals surface area contributed by atoms with Crippen molar-refractivity contribution in [2.45, 2.75) is 13.5 Å². The third-order valence-corrected chi connectivity index (χ3v) is 4.64. The van der Waals surface area contributed by atoms with E-state index in [9.17, 15) is 4.79 Å². The predicted molar refractivity (Wildman–Crippen MR) is 88.8 cm³/mol. The summed E-state index contributed by atoms with van der Waals surface area (Å²) < 4.78 is 0. The van der Waals surface area contributed by atoms with Crippen LogP contribution in [0.4, 0.5) is 0 Å². The van der Waals surface area contributed by atoms with Crippen molar-refractivity contribution in [1.82, 2.24) is 4.90 Å². The van der Waals surface area contributed by atoms with Crippen molar-refractivity contribution < 1.29 is 4.79 Å². The number of nitrogens with zero attached hydrogens (tertiary/aromatic N) is 1. The maximum Gasteiger partial charge on any atom is 0.264 e. The Kier molecular flexibility index (Phi) is 3.76. The molecule has 0 saturated carbocycles. The van der Waals surface area contributed by atoms with Crippen LogP contribution < -0.4 is 0 Å². The molecule has 0 N–H and O–H groups in total. The van der Waals surface area contributed by atoms with Crippen molar-refractivity contribution in [3.8, 4) is 0 Å². The monoisotopic (exact) mass is 295 g/mol. The fourth-order valence-corrected chi connectivity index (χ4v) is 3.37. The Bertz CT molecular complexity index is 791. The highest BCUT2D eigenvalue weighted by atomic mass is 32.1. The summed E-state index contributed by atoms with van der Waals surface area (Å²) in [7, 11) is 1.86. The zero-order chi connectivity index (χ0) is 14.8. The quantitative estimate of drug-likeness (QED) is 0.697. The van der Waals surface area contributed by atoms with Gasteiger partial charge in [0, 0.05) is 13.6 Å². The molecular formula is C18H17NOS. The molecule has 0 saturated heterocycles. The number of rotatable bonds is 3. The van der Waals surface area contributed by atoms with Crippen LogP contribution in [0.1, 0.15) is 20.8 Å². The second kappa shape index (κ2) is 5.70. The van der Waals surface area contributed by atoms with Gasteiger partial charge in [-0.15, -0.1) is 11.3 Å². The number of hydrogen-bond acceptors (Lipinski definition) is 2. The molecule has 0 bridgehead atoms. The van der Waals surface area contributed by atoms with E-state index in [-0.39, 0.29) is 5.91 Å². The largest absolute Gasteiger partial charge is 0.337 e. The maximum absolute atomic E-state index is 12.4. The molecule has 0 aliphatic heterocycles. The lowest BCUT2D eigenvalue weighted by Gasteiger charge is -2.17. The minimum absolute atomic E-state index is 0.0932. The summed E-state index contributed by atoms with van der Waals surface area (Å²) in [4.78, 5) is 15.0. The zero-order valence-electron chi connectivity index (χ0n) is 12.2. The molecule has 0 spiro atoms. The van der Waals surface area contributed by atoms with E-state index in [0.717, 1.165) is 16.0 Å². The Balaban J connectivity index is 1.81.